The van der Waals surface area contributed by atoms with Crippen LogP contribution in [0, 0.1) is 11.3 Å². The molecule has 0 aromatic heterocycles. The third kappa shape index (κ3) is 3.22. The van der Waals surface area contributed by atoms with Crippen LogP contribution in [-0.4, -0.2) is 36.7 Å². The summed E-state index contributed by atoms with van der Waals surface area (Å²) in [5.74, 6) is -0.817. The SMILES string of the molecule is COC(=O)C1(CNC(=O)C(O)C(C)C)CCCC1. The first-order valence-corrected chi connectivity index (χ1v) is 6.47. The molecule has 1 unspecified atom stereocenters. The summed E-state index contributed by atoms with van der Waals surface area (Å²) in [7, 11) is 1.37. The summed E-state index contributed by atoms with van der Waals surface area (Å²) in [6, 6.07) is 0. The molecule has 18 heavy (non-hydrogen) atoms. The second kappa shape index (κ2) is 6.18. The summed E-state index contributed by atoms with van der Waals surface area (Å²) in [5, 5.41) is 12.3. The Bertz CT molecular complexity index is 308. The minimum atomic E-state index is -1.03. The van der Waals surface area contributed by atoms with Crippen molar-refractivity contribution in [1.29, 1.82) is 0 Å². The Morgan fingerprint density at radius 3 is 2.33 bits per heavy atom. The number of aliphatic hydroxyl groups excluding tert-OH is 1. The Kier molecular flexibility index (Phi) is 5.14. The third-order valence-corrected chi connectivity index (χ3v) is 3.68. The predicted molar refractivity (Wildman–Crippen MR) is 66.8 cm³/mol. The van der Waals surface area contributed by atoms with E-state index < -0.39 is 17.4 Å². The van der Waals surface area contributed by atoms with E-state index in [1.807, 2.05) is 0 Å². The second-order valence-corrected chi connectivity index (χ2v) is 5.39. The fourth-order valence-corrected chi connectivity index (χ4v) is 2.38. The molecule has 1 amide bonds. The van der Waals surface area contributed by atoms with E-state index in [4.69, 9.17) is 4.74 Å². The van der Waals surface area contributed by atoms with Crippen molar-refractivity contribution >= 4 is 11.9 Å². The minimum absolute atomic E-state index is 0.136. The van der Waals surface area contributed by atoms with Crippen LogP contribution in [0.1, 0.15) is 39.5 Å². The fraction of sp³-hybridized carbons (Fsp3) is 0.846. The molecule has 1 atom stereocenters. The van der Waals surface area contributed by atoms with Crippen molar-refractivity contribution in [2.45, 2.75) is 45.6 Å². The maximum atomic E-state index is 11.8. The smallest absolute Gasteiger partial charge is 0.313 e. The average Bonchev–Trinajstić information content (AvgIpc) is 2.83. The van der Waals surface area contributed by atoms with Crippen molar-refractivity contribution in [3.63, 3.8) is 0 Å². The van der Waals surface area contributed by atoms with Gasteiger partial charge in [0.1, 0.15) is 6.10 Å². The van der Waals surface area contributed by atoms with E-state index in [2.05, 4.69) is 5.32 Å². The van der Waals surface area contributed by atoms with Gasteiger partial charge in [0, 0.05) is 6.54 Å². The summed E-state index contributed by atoms with van der Waals surface area (Å²) in [4.78, 5) is 23.5. The monoisotopic (exact) mass is 257 g/mol. The second-order valence-electron chi connectivity index (χ2n) is 5.39. The van der Waals surface area contributed by atoms with Gasteiger partial charge in [-0.2, -0.15) is 0 Å². The van der Waals surface area contributed by atoms with Crippen LogP contribution in [0.4, 0.5) is 0 Å². The lowest BCUT2D eigenvalue weighted by Crippen LogP contribution is -2.46. The zero-order valence-electron chi connectivity index (χ0n) is 11.4. The van der Waals surface area contributed by atoms with Gasteiger partial charge in [0.25, 0.3) is 0 Å². The van der Waals surface area contributed by atoms with Crippen LogP contribution in [-0.2, 0) is 14.3 Å². The van der Waals surface area contributed by atoms with Crippen molar-refractivity contribution in [2.75, 3.05) is 13.7 Å². The molecule has 1 aliphatic carbocycles. The van der Waals surface area contributed by atoms with Crippen molar-refractivity contribution in [3.8, 4) is 0 Å². The number of nitrogens with one attached hydrogen (secondary N) is 1. The molecule has 1 saturated carbocycles. The molecule has 1 rings (SSSR count). The van der Waals surface area contributed by atoms with Gasteiger partial charge in [-0.25, -0.2) is 0 Å². The highest BCUT2D eigenvalue weighted by molar-refractivity contribution is 5.82. The highest BCUT2D eigenvalue weighted by Gasteiger charge is 2.42. The van der Waals surface area contributed by atoms with Crippen molar-refractivity contribution in [1.82, 2.24) is 5.32 Å². The quantitative estimate of drug-likeness (QED) is 0.716. The molecular formula is C13H23NO4. The maximum Gasteiger partial charge on any atom is 0.313 e. The number of methoxy groups -OCH3 is 1. The van der Waals surface area contributed by atoms with E-state index in [9.17, 15) is 14.7 Å². The molecule has 5 nitrogen and oxygen atoms in total. The number of ether oxygens (including phenoxy) is 1. The fourth-order valence-electron chi connectivity index (χ4n) is 2.38. The summed E-state index contributed by atoms with van der Waals surface area (Å²) in [6.45, 7) is 3.80. The minimum Gasteiger partial charge on any atom is -0.469 e. The number of carbonyl (C=O) groups is 2. The highest BCUT2D eigenvalue weighted by atomic mass is 16.5. The molecule has 0 bridgehead atoms. The molecule has 2 N–H and O–H groups in total. The number of carbonyl (C=O) groups excluding carboxylic acids is 2. The van der Waals surface area contributed by atoms with Crippen molar-refractivity contribution < 1.29 is 19.4 Å². The molecule has 0 heterocycles. The van der Waals surface area contributed by atoms with Crippen LogP contribution in [0.15, 0.2) is 0 Å². The van der Waals surface area contributed by atoms with Gasteiger partial charge < -0.3 is 15.2 Å². The molecule has 5 heteroatoms. The van der Waals surface area contributed by atoms with E-state index in [0.717, 1.165) is 25.7 Å². The Morgan fingerprint density at radius 2 is 1.89 bits per heavy atom. The van der Waals surface area contributed by atoms with E-state index >= 15 is 0 Å². The molecule has 1 fully saturated rings. The van der Waals surface area contributed by atoms with Gasteiger partial charge in [-0.1, -0.05) is 26.7 Å². The van der Waals surface area contributed by atoms with Crippen LogP contribution in [0.5, 0.6) is 0 Å². The van der Waals surface area contributed by atoms with Crippen LogP contribution in [0.25, 0.3) is 0 Å². The Balaban J connectivity index is 2.59. The van der Waals surface area contributed by atoms with Crippen LogP contribution in [0.2, 0.25) is 0 Å². The third-order valence-electron chi connectivity index (χ3n) is 3.68. The topological polar surface area (TPSA) is 75.6 Å². The van der Waals surface area contributed by atoms with Crippen LogP contribution >= 0.6 is 0 Å². The van der Waals surface area contributed by atoms with Gasteiger partial charge in [-0.05, 0) is 18.8 Å². The van der Waals surface area contributed by atoms with E-state index in [1.165, 1.54) is 7.11 Å². The van der Waals surface area contributed by atoms with Gasteiger partial charge >= 0.3 is 5.97 Å². The molecular weight excluding hydrogens is 234 g/mol. The summed E-state index contributed by atoms with van der Waals surface area (Å²) < 4.78 is 4.82. The number of hydrogen-bond acceptors (Lipinski definition) is 4. The van der Waals surface area contributed by atoms with Gasteiger partial charge in [-0.15, -0.1) is 0 Å². The number of aliphatic hydroxyl groups is 1. The Labute approximate surface area is 108 Å². The lowest BCUT2D eigenvalue weighted by atomic mass is 9.86. The molecule has 1 aliphatic rings. The molecule has 0 radical (unpaired) electrons. The first kappa shape index (κ1) is 15.0. The lowest BCUT2D eigenvalue weighted by molar-refractivity contribution is -0.152. The molecule has 0 aromatic carbocycles. The molecule has 0 aromatic rings. The van der Waals surface area contributed by atoms with Crippen LogP contribution in [0.3, 0.4) is 0 Å². The Hall–Kier alpha value is -1.10. The van der Waals surface area contributed by atoms with E-state index in [1.54, 1.807) is 13.8 Å². The number of amides is 1. The first-order valence-electron chi connectivity index (χ1n) is 6.47. The van der Waals surface area contributed by atoms with E-state index in [-0.39, 0.29) is 18.4 Å². The number of hydrogen-bond donors (Lipinski definition) is 2. The highest BCUT2D eigenvalue weighted by Crippen LogP contribution is 2.38. The lowest BCUT2D eigenvalue weighted by Gasteiger charge is -2.27. The molecule has 0 spiro atoms. The first-order chi connectivity index (χ1) is 8.43. The average molecular weight is 257 g/mol. The Morgan fingerprint density at radius 1 is 1.33 bits per heavy atom. The molecule has 104 valence electrons. The summed E-state index contributed by atoms with van der Waals surface area (Å²) >= 11 is 0. The maximum absolute atomic E-state index is 11.8. The zero-order valence-corrected chi connectivity index (χ0v) is 11.4. The van der Waals surface area contributed by atoms with Crippen molar-refractivity contribution in [2.24, 2.45) is 11.3 Å². The van der Waals surface area contributed by atoms with Crippen molar-refractivity contribution in [3.05, 3.63) is 0 Å². The normalized spacial score (nSPS) is 19.6. The van der Waals surface area contributed by atoms with Gasteiger partial charge in [0.15, 0.2) is 0 Å². The predicted octanol–water partition coefficient (Wildman–Crippen LogP) is 0.853. The largest absolute Gasteiger partial charge is 0.469 e. The number of esters is 1. The zero-order chi connectivity index (χ0) is 13.8. The van der Waals surface area contributed by atoms with E-state index in [0.29, 0.717) is 0 Å². The number of rotatable bonds is 5. The molecule has 0 saturated heterocycles. The standard InChI is InChI=1S/C13H23NO4/c1-9(2)10(15)11(16)14-8-13(12(17)18-3)6-4-5-7-13/h9-10,15H,4-8H2,1-3H3,(H,14,16). The van der Waals surface area contributed by atoms with Gasteiger partial charge in [-0.3, -0.25) is 9.59 Å². The van der Waals surface area contributed by atoms with Gasteiger partial charge in [0.2, 0.25) is 5.91 Å². The molecule has 0 aliphatic heterocycles. The van der Waals surface area contributed by atoms with Gasteiger partial charge in [0.05, 0.1) is 12.5 Å². The van der Waals surface area contributed by atoms with Crippen LogP contribution < -0.4 is 5.32 Å². The summed E-state index contributed by atoms with van der Waals surface area (Å²) in [6.07, 6.45) is 2.38. The summed E-state index contributed by atoms with van der Waals surface area (Å²) in [5.41, 5.74) is -0.596.